The minimum absolute atomic E-state index is 0.454. The van der Waals surface area contributed by atoms with Crippen molar-refractivity contribution in [2.24, 2.45) is 0 Å². The lowest BCUT2D eigenvalue weighted by molar-refractivity contribution is 0.773. The van der Waals surface area contributed by atoms with E-state index in [9.17, 15) is 0 Å². The van der Waals surface area contributed by atoms with Gasteiger partial charge in [0.05, 0.1) is 27.8 Å². The molecule has 2 aliphatic rings. The lowest BCUT2D eigenvalue weighted by Gasteiger charge is -2.40. The fraction of sp³-hybridized carbons (Fsp3) is 0.0175. The topological polar surface area (TPSA) is 8.17 Å². The highest BCUT2D eigenvalue weighted by molar-refractivity contribution is 6.14. The molecule has 0 unspecified atom stereocenters. The highest BCUT2D eigenvalue weighted by Crippen LogP contribution is 2.62. The Bertz CT molecular complexity index is 3470. The minimum Gasteiger partial charge on any atom is -0.310 e. The van der Waals surface area contributed by atoms with E-state index in [1.807, 2.05) is 0 Å². The van der Waals surface area contributed by atoms with Crippen LogP contribution < -0.4 is 4.90 Å². The molecule has 0 amide bonds. The van der Waals surface area contributed by atoms with E-state index in [0.717, 1.165) is 17.1 Å². The first-order valence-electron chi connectivity index (χ1n) is 20.5. The molecule has 274 valence electrons. The zero-order chi connectivity index (χ0) is 38.7. The summed E-state index contributed by atoms with van der Waals surface area (Å²) in [6, 6.07) is 81.1. The lowest BCUT2D eigenvalue weighted by atomic mass is 9.61. The van der Waals surface area contributed by atoms with Gasteiger partial charge in [-0.2, -0.15) is 0 Å². The second-order valence-electron chi connectivity index (χ2n) is 16.0. The van der Waals surface area contributed by atoms with E-state index in [1.165, 1.54) is 93.5 Å². The number of para-hydroxylation sites is 2. The molecule has 2 nitrogen and oxygen atoms in total. The minimum atomic E-state index is -0.454. The van der Waals surface area contributed by atoms with Gasteiger partial charge in [-0.1, -0.05) is 176 Å². The summed E-state index contributed by atoms with van der Waals surface area (Å²) in [4.78, 5) is 2.47. The summed E-state index contributed by atoms with van der Waals surface area (Å²) in [6.07, 6.45) is 0. The Morgan fingerprint density at radius 2 is 0.898 bits per heavy atom. The molecular weight excluding hydrogens is 713 g/mol. The van der Waals surface area contributed by atoms with Gasteiger partial charge in [0.15, 0.2) is 0 Å². The fourth-order valence-electron chi connectivity index (χ4n) is 10.9. The van der Waals surface area contributed by atoms with Gasteiger partial charge in [-0.05, 0) is 97.7 Å². The largest absolute Gasteiger partial charge is 0.310 e. The number of hydrogen-bond acceptors (Lipinski definition) is 1. The number of rotatable bonds is 4. The molecule has 0 bridgehead atoms. The number of benzene rings is 10. The number of hydrogen-bond donors (Lipinski definition) is 0. The highest BCUT2D eigenvalue weighted by Gasteiger charge is 2.50. The first kappa shape index (κ1) is 32.4. The zero-order valence-electron chi connectivity index (χ0n) is 32.2. The van der Waals surface area contributed by atoms with Gasteiger partial charge in [-0.15, -0.1) is 0 Å². The Labute approximate surface area is 342 Å². The summed E-state index contributed by atoms with van der Waals surface area (Å²) in [6.45, 7) is 0. The predicted molar refractivity (Wildman–Crippen MR) is 247 cm³/mol. The quantitative estimate of drug-likeness (QED) is 0.174. The molecule has 11 aromatic rings. The van der Waals surface area contributed by atoms with Gasteiger partial charge < -0.3 is 9.47 Å². The third-order valence-corrected chi connectivity index (χ3v) is 13.2. The molecule has 13 rings (SSSR count). The third-order valence-electron chi connectivity index (χ3n) is 13.2. The second-order valence-corrected chi connectivity index (χ2v) is 16.0. The summed E-state index contributed by atoms with van der Waals surface area (Å²) in [5.74, 6) is 0. The molecule has 0 radical (unpaired) electrons. The average Bonchev–Trinajstić information content (AvgIpc) is 3.79. The Hall–Kier alpha value is -7.68. The van der Waals surface area contributed by atoms with Crippen LogP contribution in [-0.2, 0) is 5.41 Å². The van der Waals surface area contributed by atoms with Crippen molar-refractivity contribution in [3.05, 3.63) is 241 Å². The Kier molecular flexibility index (Phi) is 6.68. The Morgan fingerprint density at radius 1 is 0.339 bits per heavy atom. The van der Waals surface area contributed by atoms with Crippen molar-refractivity contribution in [1.29, 1.82) is 0 Å². The van der Waals surface area contributed by atoms with Crippen molar-refractivity contribution in [2.45, 2.75) is 5.41 Å². The van der Waals surface area contributed by atoms with Crippen LogP contribution in [0.1, 0.15) is 22.3 Å². The van der Waals surface area contributed by atoms with Crippen LogP contribution in [0.5, 0.6) is 0 Å². The van der Waals surface area contributed by atoms with E-state index in [-0.39, 0.29) is 0 Å². The van der Waals surface area contributed by atoms with Gasteiger partial charge in [0, 0.05) is 32.9 Å². The average molecular weight is 749 g/mol. The van der Waals surface area contributed by atoms with Gasteiger partial charge in [-0.3, -0.25) is 0 Å². The van der Waals surface area contributed by atoms with Gasteiger partial charge >= 0.3 is 0 Å². The van der Waals surface area contributed by atoms with Crippen LogP contribution in [0.15, 0.2) is 218 Å². The number of anilines is 3. The normalized spacial score (nSPS) is 13.2. The highest BCUT2D eigenvalue weighted by atomic mass is 15.1. The lowest BCUT2D eigenvalue weighted by Crippen LogP contribution is -2.31. The molecule has 10 aromatic carbocycles. The van der Waals surface area contributed by atoms with E-state index < -0.39 is 5.41 Å². The van der Waals surface area contributed by atoms with E-state index in [0.29, 0.717) is 0 Å². The molecule has 2 heteroatoms. The third kappa shape index (κ3) is 4.30. The molecule has 0 N–H and O–H groups in total. The first-order valence-corrected chi connectivity index (χ1v) is 20.5. The van der Waals surface area contributed by atoms with Crippen LogP contribution in [0.4, 0.5) is 17.1 Å². The molecule has 0 saturated carbocycles. The summed E-state index contributed by atoms with van der Waals surface area (Å²) in [5, 5.41) is 7.48. The van der Waals surface area contributed by atoms with E-state index in [1.54, 1.807) is 0 Å². The SMILES string of the molecule is c1ccc(N(c2ccc3c4ccccc4n(-c4cccc5ccccc45)c3c2)c2ccc3c4c(cccc24)C2(c4ccccc4-c4ccccc42)c2ccccc2-3)cc1. The van der Waals surface area contributed by atoms with Crippen molar-refractivity contribution in [1.82, 2.24) is 4.57 Å². The van der Waals surface area contributed by atoms with Gasteiger partial charge in [-0.25, -0.2) is 0 Å². The summed E-state index contributed by atoms with van der Waals surface area (Å²) in [7, 11) is 0. The molecule has 1 heterocycles. The number of fused-ring (bicyclic) bond motifs is 13. The molecule has 2 aliphatic carbocycles. The van der Waals surface area contributed by atoms with Crippen LogP contribution in [-0.4, -0.2) is 4.57 Å². The van der Waals surface area contributed by atoms with Gasteiger partial charge in [0.1, 0.15) is 0 Å². The van der Waals surface area contributed by atoms with Crippen LogP contribution in [0, 0.1) is 0 Å². The number of nitrogens with zero attached hydrogens (tertiary/aromatic N) is 2. The van der Waals surface area contributed by atoms with E-state index in [2.05, 4.69) is 228 Å². The van der Waals surface area contributed by atoms with Crippen molar-refractivity contribution in [3.8, 4) is 27.9 Å². The second kappa shape index (κ2) is 12.2. The van der Waals surface area contributed by atoms with E-state index in [4.69, 9.17) is 0 Å². The molecule has 1 spiro atoms. The first-order chi connectivity index (χ1) is 29.3. The van der Waals surface area contributed by atoms with Crippen LogP contribution in [0.3, 0.4) is 0 Å². The van der Waals surface area contributed by atoms with Crippen LogP contribution in [0.2, 0.25) is 0 Å². The van der Waals surface area contributed by atoms with Crippen molar-refractivity contribution in [3.63, 3.8) is 0 Å². The smallest absolute Gasteiger partial charge is 0.0725 e. The Balaban J connectivity index is 1.11. The van der Waals surface area contributed by atoms with Crippen molar-refractivity contribution in [2.75, 3.05) is 4.90 Å². The standard InChI is InChI=1S/C57H36N2/c1-2-18-38(19-3-1)58(39-32-33-45-44-24-9-13-30-53(44)59(55(45)36-39)52-31-14-17-37-16-4-5-20-40(37)52)54-35-34-46-43-23-8-12-28-50(43)57(51-29-15-25-47(54)56(46)51)48-26-10-6-21-41(48)42-22-7-11-27-49(42)57/h1-36H. The predicted octanol–water partition coefficient (Wildman–Crippen LogP) is 14.9. The molecule has 0 aliphatic heterocycles. The monoisotopic (exact) mass is 748 g/mol. The number of aromatic nitrogens is 1. The molecule has 0 fully saturated rings. The fourth-order valence-corrected chi connectivity index (χ4v) is 10.9. The molecule has 59 heavy (non-hydrogen) atoms. The maximum atomic E-state index is 2.47. The summed E-state index contributed by atoms with van der Waals surface area (Å²) < 4.78 is 2.47. The maximum Gasteiger partial charge on any atom is 0.0725 e. The van der Waals surface area contributed by atoms with Crippen LogP contribution >= 0.6 is 0 Å². The molecule has 0 saturated heterocycles. The summed E-state index contributed by atoms with van der Waals surface area (Å²) in [5.41, 5.74) is 17.1. The Morgan fingerprint density at radius 3 is 1.66 bits per heavy atom. The van der Waals surface area contributed by atoms with Crippen molar-refractivity contribution < 1.29 is 0 Å². The zero-order valence-corrected chi connectivity index (χ0v) is 32.2. The van der Waals surface area contributed by atoms with Gasteiger partial charge in [0.2, 0.25) is 0 Å². The summed E-state index contributed by atoms with van der Waals surface area (Å²) >= 11 is 0. The van der Waals surface area contributed by atoms with Crippen LogP contribution in [0.25, 0.3) is 71.3 Å². The van der Waals surface area contributed by atoms with Crippen molar-refractivity contribution >= 4 is 60.4 Å². The van der Waals surface area contributed by atoms with E-state index >= 15 is 0 Å². The maximum absolute atomic E-state index is 2.47. The molecule has 1 aromatic heterocycles. The molecule has 0 atom stereocenters. The molecular formula is C57H36N2. The van der Waals surface area contributed by atoms with Gasteiger partial charge in [0.25, 0.3) is 0 Å².